The molecular weight excluding hydrogens is 352 g/mol. The Kier molecular flexibility index (Phi) is 7.70. The fourth-order valence-electron chi connectivity index (χ4n) is 2.07. The van der Waals surface area contributed by atoms with E-state index < -0.39 is 11.9 Å². The predicted molar refractivity (Wildman–Crippen MR) is 101 cm³/mol. The summed E-state index contributed by atoms with van der Waals surface area (Å²) in [6, 6.07) is 16.2. The van der Waals surface area contributed by atoms with Gasteiger partial charge in [-0.3, -0.25) is 14.4 Å². The number of rotatable bonds is 8. The second-order valence-corrected chi connectivity index (χ2v) is 6.45. The number of benzene rings is 2. The van der Waals surface area contributed by atoms with Gasteiger partial charge in [0.15, 0.2) is 6.61 Å². The fourth-order valence-corrected chi connectivity index (χ4v) is 2.92. The van der Waals surface area contributed by atoms with Gasteiger partial charge < -0.3 is 15.4 Å². The molecule has 2 amide bonds. The zero-order valence-corrected chi connectivity index (χ0v) is 15.2. The summed E-state index contributed by atoms with van der Waals surface area (Å²) in [4.78, 5) is 36.2. The van der Waals surface area contributed by atoms with Crippen molar-refractivity contribution in [3.8, 4) is 0 Å². The summed E-state index contributed by atoms with van der Waals surface area (Å²) in [5.41, 5.74) is 0.895. The molecular formula is C19H20N2O4S. The summed E-state index contributed by atoms with van der Waals surface area (Å²) in [7, 11) is 1.53. The standard InChI is InChI=1S/C19H20N2O4S/c1-20-19(24)14-6-5-7-15(12-14)21-17(22)13-25-18(23)10-11-26-16-8-3-2-4-9-16/h2-9,12H,10-11,13H2,1H3,(H,20,24)(H,21,22). The molecule has 7 heteroatoms. The average Bonchev–Trinajstić information content (AvgIpc) is 2.67. The van der Waals surface area contributed by atoms with Gasteiger partial charge >= 0.3 is 5.97 Å². The highest BCUT2D eigenvalue weighted by Gasteiger charge is 2.09. The van der Waals surface area contributed by atoms with Gasteiger partial charge in [0.1, 0.15) is 0 Å². The highest BCUT2D eigenvalue weighted by atomic mass is 32.2. The minimum absolute atomic E-state index is 0.221. The summed E-state index contributed by atoms with van der Waals surface area (Å²) in [6.45, 7) is -0.362. The van der Waals surface area contributed by atoms with E-state index in [4.69, 9.17) is 4.74 Å². The third kappa shape index (κ3) is 6.60. The first-order chi connectivity index (χ1) is 12.6. The SMILES string of the molecule is CNC(=O)c1cccc(NC(=O)COC(=O)CCSc2ccccc2)c1. The molecule has 2 N–H and O–H groups in total. The van der Waals surface area contributed by atoms with Crippen molar-refractivity contribution in [2.45, 2.75) is 11.3 Å². The largest absolute Gasteiger partial charge is 0.456 e. The molecule has 0 spiro atoms. The molecule has 0 saturated heterocycles. The predicted octanol–water partition coefficient (Wildman–Crippen LogP) is 2.71. The maximum atomic E-state index is 11.9. The topological polar surface area (TPSA) is 84.5 Å². The van der Waals surface area contributed by atoms with Gasteiger partial charge in [-0.1, -0.05) is 24.3 Å². The zero-order valence-electron chi connectivity index (χ0n) is 14.4. The Balaban J connectivity index is 1.71. The number of anilines is 1. The Bertz CT molecular complexity index is 765. The van der Waals surface area contributed by atoms with Gasteiger partial charge in [0.2, 0.25) is 0 Å². The van der Waals surface area contributed by atoms with Gasteiger partial charge in [-0.25, -0.2) is 0 Å². The molecule has 136 valence electrons. The molecule has 0 aliphatic heterocycles. The Morgan fingerprint density at radius 3 is 2.54 bits per heavy atom. The molecule has 0 aliphatic rings. The number of carbonyl (C=O) groups is 3. The van der Waals surface area contributed by atoms with Crippen LogP contribution in [0.3, 0.4) is 0 Å². The van der Waals surface area contributed by atoms with Crippen molar-refractivity contribution >= 4 is 35.2 Å². The highest BCUT2D eigenvalue weighted by molar-refractivity contribution is 7.99. The summed E-state index contributed by atoms with van der Waals surface area (Å²) in [5, 5.41) is 5.11. The first kappa shape index (κ1) is 19.5. The van der Waals surface area contributed by atoms with Crippen molar-refractivity contribution in [1.29, 1.82) is 0 Å². The van der Waals surface area contributed by atoms with Crippen LogP contribution >= 0.6 is 11.8 Å². The molecule has 0 saturated carbocycles. The minimum Gasteiger partial charge on any atom is -0.456 e. The number of carbonyl (C=O) groups excluding carboxylic acids is 3. The molecule has 0 atom stereocenters. The van der Waals surface area contributed by atoms with E-state index in [9.17, 15) is 14.4 Å². The first-order valence-corrected chi connectivity index (χ1v) is 9.02. The second-order valence-electron chi connectivity index (χ2n) is 5.28. The lowest BCUT2D eigenvalue weighted by molar-refractivity contribution is -0.146. The lowest BCUT2D eigenvalue weighted by atomic mass is 10.2. The third-order valence-corrected chi connectivity index (χ3v) is 4.33. The van der Waals surface area contributed by atoms with E-state index in [1.807, 2.05) is 30.3 Å². The van der Waals surface area contributed by atoms with Gasteiger partial charge in [0, 0.05) is 28.9 Å². The van der Waals surface area contributed by atoms with Crippen molar-refractivity contribution in [2.75, 3.05) is 24.7 Å². The average molecular weight is 372 g/mol. The van der Waals surface area contributed by atoms with Crippen LogP contribution in [0.4, 0.5) is 5.69 Å². The van der Waals surface area contributed by atoms with E-state index in [1.165, 1.54) is 7.05 Å². The summed E-state index contributed by atoms with van der Waals surface area (Å²) in [6.07, 6.45) is 0.221. The molecule has 2 rings (SSSR count). The monoisotopic (exact) mass is 372 g/mol. The molecule has 26 heavy (non-hydrogen) atoms. The van der Waals surface area contributed by atoms with Crippen LogP contribution in [-0.2, 0) is 14.3 Å². The number of hydrogen-bond acceptors (Lipinski definition) is 5. The molecule has 6 nitrogen and oxygen atoms in total. The van der Waals surface area contributed by atoms with Gasteiger partial charge in [0.25, 0.3) is 11.8 Å². The van der Waals surface area contributed by atoms with Crippen LogP contribution in [0, 0.1) is 0 Å². The van der Waals surface area contributed by atoms with Gasteiger partial charge in [-0.15, -0.1) is 11.8 Å². The molecule has 0 radical (unpaired) electrons. The van der Waals surface area contributed by atoms with E-state index in [2.05, 4.69) is 10.6 Å². The molecule has 2 aromatic rings. The maximum absolute atomic E-state index is 11.9. The number of amides is 2. The van der Waals surface area contributed by atoms with Crippen LogP contribution in [0.15, 0.2) is 59.5 Å². The van der Waals surface area contributed by atoms with Crippen LogP contribution in [-0.4, -0.2) is 37.2 Å². The maximum Gasteiger partial charge on any atom is 0.307 e. The smallest absolute Gasteiger partial charge is 0.307 e. The quantitative estimate of drug-likeness (QED) is 0.550. The van der Waals surface area contributed by atoms with E-state index >= 15 is 0 Å². The lowest BCUT2D eigenvalue weighted by Gasteiger charge is -2.08. The molecule has 2 aromatic carbocycles. The second kappa shape index (κ2) is 10.2. The van der Waals surface area contributed by atoms with Crippen LogP contribution in [0.25, 0.3) is 0 Å². The number of ether oxygens (including phenoxy) is 1. The van der Waals surface area contributed by atoms with E-state index in [0.29, 0.717) is 17.0 Å². The lowest BCUT2D eigenvalue weighted by Crippen LogP contribution is -2.22. The van der Waals surface area contributed by atoms with Crippen LogP contribution in [0.1, 0.15) is 16.8 Å². The number of thioether (sulfide) groups is 1. The molecule has 0 unspecified atom stereocenters. The van der Waals surface area contributed by atoms with Crippen LogP contribution in [0.2, 0.25) is 0 Å². The van der Waals surface area contributed by atoms with Gasteiger partial charge in [0.05, 0.1) is 6.42 Å². The summed E-state index contributed by atoms with van der Waals surface area (Å²) >= 11 is 1.55. The van der Waals surface area contributed by atoms with E-state index in [-0.39, 0.29) is 18.9 Å². The van der Waals surface area contributed by atoms with Crippen molar-refractivity contribution in [3.63, 3.8) is 0 Å². The van der Waals surface area contributed by atoms with Crippen LogP contribution < -0.4 is 10.6 Å². The molecule has 0 fully saturated rings. The summed E-state index contributed by atoms with van der Waals surface area (Å²) in [5.74, 6) is -0.548. The minimum atomic E-state index is -0.455. The van der Waals surface area contributed by atoms with Gasteiger partial charge in [-0.2, -0.15) is 0 Å². The zero-order chi connectivity index (χ0) is 18.8. The van der Waals surface area contributed by atoms with Crippen LogP contribution in [0.5, 0.6) is 0 Å². The Hall–Kier alpha value is -2.80. The van der Waals surface area contributed by atoms with Crippen molar-refractivity contribution < 1.29 is 19.1 Å². The van der Waals surface area contributed by atoms with Crippen molar-refractivity contribution in [3.05, 3.63) is 60.2 Å². The van der Waals surface area contributed by atoms with Crippen molar-refractivity contribution in [1.82, 2.24) is 5.32 Å². The van der Waals surface area contributed by atoms with E-state index in [0.717, 1.165) is 4.90 Å². The molecule has 0 aromatic heterocycles. The number of esters is 1. The molecule has 0 bridgehead atoms. The third-order valence-electron chi connectivity index (χ3n) is 3.32. The summed E-state index contributed by atoms with van der Waals surface area (Å²) < 4.78 is 4.97. The Morgan fingerprint density at radius 2 is 1.81 bits per heavy atom. The molecule has 0 aliphatic carbocycles. The fraction of sp³-hybridized carbons (Fsp3) is 0.211. The Morgan fingerprint density at radius 1 is 1.04 bits per heavy atom. The van der Waals surface area contributed by atoms with Crippen molar-refractivity contribution in [2.24, 2.45) is 0 Å². The number of hydrogen-bond donors (Lipinski definition) is 2. The molecule has 0 heterocycles. The Labute approximate surface area is 156 Å². The number of nitrogens with one attached hydrogen (secondary N) is 2. The first-order valence-electron chi connectivity index (χ1n) is 8.04. The normalized spacial score (nSPS) is 10.0. The van der Waals surface area contributed by atoms with E-state index in [1.54, 1.807) is 36.0 Å². The van der Waals surface area contributed by atoms with Gasteiger partial charge in [-0.05, 0) is 30.3 Å². The highest BCUT2D eigenvalue weighted by Crippen LogP contribution is 2.17.